The largest absolute Gasteiger partial charge is 0.465 e. The van der Waals surface area contributed by atoms with Gasteiger partial charge in [0.05, 0.1) is 4.90 Å². The van der Waals surface area contributed by atoms with Crippen LogP contribution in [0.25, 0.3) is 10.8 Å². The van der Waals surface area contributed by atoms with Gasteiger partial charge in [-0.3, -0.25) is 19.2 Å². The molecule has 3 rings (SSSR count). The topological polar surface area (TPSA) is 191 Å². The number of hydrogen-bond acceptors (Lipinski definition) is 7. The number of ketones is 1. The molecule has 13 nitrogen and oxygen atoms in total. The molecule has 46 heavy (non-hydrogen) atoms. The van der Waals surface area contributed by atoms with E-state index in [4.69, 9.17) is 0 Å². The number of nitrogens with zero attached hydrogens (tertiary/aromatic N) is 1. The molecule has 1 aliphatic rings. The van der Waals surface area contributed by atoms with E-state index in [-0.39, 0.29) is 43.3 Å². The van der Waals surface area contributed by atoms with Gasteiger partial charge in [0.25, 0.3) is 5.91 Å². The highest BCUT2D eigenvalue weighted by Gasteiger charge is 2.37. The second kappa shape index (κ2) is 17.6. The summed E-state index contributed by atoms with van der Waals surface area (Å²) < 4.78 is 29.9. The van der Waals surface area contributed by atoms with Gasteiger partial charge in [-0.15, -0.1) is 0 Å². The Hall–Kier alpha value is -4.04. The van der Waals surface area contributed by atoms with Crippen molar-refractivity contribution in [1.82, 2.24) is 25.6 Å². The van der Waals surface area contributed by atoms with Crippen LogP contribution in [0.4, 0.5) is 4.79 Å². The number of likely N-dealkylation sites (tertiary alicyclic amines) is 1. The third-order valence-corrected chi connectivity index (χ3v) is 9.59. The van der Waals surface area contributed by atoms with E-state index >= 15 is 0 Å². The van der Waals surface area contributed by atoms with Gasteiger partial charge in [0.2, 0.25) is 27.6 Å². The van der Waals surface area contributed by atoms with Crippen LogP contribution in [0.15, 0.2) is 47.4 Å². The van der Waals surface area contributed by atoms with E-state index in [2.05, 4.69) is 20.7 Å². The molecule has 0 bridgehead atoms. The van der Waals surface area contributed by atoms with Crippen molar-refractivity contribution in [3.8, 4) is 0 Å². The fourth-order valence-electron chi connectivity index (χ4n) is 5.52. The van der Waals surface area contributed by atoms with Crippen molar-refractivity contribution < 1.29 is 37.5 Å². The molecule has 0 radical (unpaired) electrons. The van der Waals surface area contributed by atoms with Gasteiger partial charge < -0.3 is 26.0 Å². The standard InChI is InChI=1S/C32H45N5O8S/c1-3-5-12-26(36-46(44,45)25-14-13-23-10-6-7-11-24(23)20-25)28(31(41)35-18-17-34-29(39)27(38)4-2)30(40)33-16-15-22-9-8-19-37(21-22)32(42)43/h6-7,10-11,13-14,20,22,26,28,36H,3-5,8-9,12,15-19,21H2,1-2H3,(H,33,40)(H,34,39)(H,35,41)(H,42,43)/t22-,26-,28?/m0/s1. The number of Topliss-reactive ketones (excluding diaryl/α,β-unsaturated/α-hetero) is 1. The SMILES string of the molecule is CCCC[C@H](NS(=O)(=O)c1ccc2ccccc2c1)C(C(=O)NCCNC(=O)C(=O)CC)C(=O)NCC[C@@H]1CCCN(C(=O)O)C1. The lowest BCUT2D eigenvalue weighted by Gasteiger charge is -2.31. The Balaban J connectivity index is 1.79. The Labute approximate surface area is 269 Å². The second-order valence-electron chi connectivity index (χ2n) is 11.5. The van der Waals surface area contributed by atoms with E-state index in [0.717, 1.165) is 17.2 Å². The van der Waals surface area contributed by atoms with Crippen molar-refractivity contribution in [2.75, 3.05) is 32.7 Å². The summed E-state index contributed by atoms with van der Waals surface area (Å²) in [6, 6.07) is 10.9. The van der Waals surface area contributed by atoms with Gasteiger partial charge in [-0.1, -0.05) is 57.0 Å². The normalized spacial score (nSPS) is 16.3. The zero-order valence-electron chi connectivity index (χ0n) is 26.4. The maximum absolute atomic E-state index is 13.6. The molecular formula is C32H45N5O8S. The molecule has 3 atom stereocenters. The van der Waals surface area contributed by atoms with Crippen molar-refractivity contribution in [1.29, 1.82) is 0 Å². The average molecular weight is 660 g/mol. The van der Waals surface area contributed by atoms with Gasteiger partial charge in [0.15, 0.2) is 0 Å². The highest BCUT2D eigenvalue weighted by Crippen LogP contribution is 2.22. The summed E-state index contributed by atoms with van der Waals surface area (Å²) in [5.41, 5.74) is 0. The molecule has 1 heterocycles. The molecule has 4 amide bonds. The number of rotatable bonds is 17. The first-order chi connectivity index (χ1) is 22.0. The number of carboxylic acid groups (broad SMARTS) is 1. The lowest BCUT2D eigenvalue weighted by atomic mass is 9.93. The fourth-order valence-corrected chi connectivity index (χ4v) is 6.84. The first kappa shape index (κ1) is 36.4. The van der Waals surface area contributed by atoms with Crippen molar-refractivity contribution in [2.45, 2.75) is 69.7 Å². The van der Waals surface area contributed by atoms with Gasteiger partial charge >= 0.3 is 6.09 Å². The van der Waals surface area contributed by atoms with E-state index in [1.54, 1.807) is 25.1 Å². The lowest BCUT2D eigenvalue weighted by molar-refractivity contribution is -0.138. The summed E-state index contributed by atoms with van der Waals surface area (Å²) in [7, 11) is -4.16. The number of hydrogen-bond donors (Lipinski definition) is 5. The van der Waals surface area contributed by atoms with Crippen LogP contribution < -0.4 is 20.7 Å². The second-order valence-corrected chi connectivity index (χ2v) is 13.2. The third kappa shape index (κ3) is 10.5. The first-order valence-electron chi connectivity index (χ1n) is 15.8. The van der Waals surface area contributed by atoms with Crippen molar-refractivity contribution >= 4 is 50.4 Å². The monoisotopic (exact) mass is 659 g/mol. The predicted octanol–water partition coefficient (Wildman–Crippen LogP) is 2.40. The number of nitrogens with one attached hydrogen (secondary N) is 4. The van der Waals surface area contributed by atoms with Gasteiger partial charge in [-0.05, 0) is 54.5 Å². The molecular weight excluding hydrogens is 614 g/mol. The Morgan fingerprint density at radius 1 is 0.935 bits per heavy atom. The predicted molar refractivity (Wildman–Crippen MR) is 172 cm³/mol. The van der Waals surface area contributed by atoms with Crippen molar-refractivity contribution in [3.05, 3.63) is 42.5 Å². The van der Waals surface area contributed by atoms with Crippen LogP contribution in [0, 0.1) is 11.8 Å². The van der Waals surface area contributed by atoms with Crippen molar-refractivity contribution in [3.63, 3.8) is 0 Å². The highest BCUT2D eigenvalue weighted by atomic mass is 32.2. The van der Waals surface area contributed by atoms with Gasteiger partial charge in [-0.2, -0.15) is 0 Å². The number of carbonyl (C=O) groups excluding carboxylic acids is 4. The highest BCUT2D eigenvalue weighted by molar-refractivity contribution is 7.89. The molecule has 0 saturated carbocycles. The van der Waals surface area contributed by atoms with E-state index in [9.17, 15) is 37.5 Å². The van der Waals surface area contributed by atoms with Crippen LogP contribution in [-0.4, -0.2) is 86.8 Å². The molecule has 5 N–H and O–H groups in total. The summed E-state index contributed by atoms with van der Waals surface area (Å²) in [5.74, 6) is -4.19. The van der Waals surface area contributed by atoms with Crippen LogP contribution >= 0.6 is 0 Å². The maximum atomic E-state index is 13.6. The molecule has 0 spiro atoms. The summed E-state index contributed by atoms with van der Waals surface area (Å²) in [6.45, 7) is 4.31. The van der Waals surface area contributed by atoms with Gasteiger partial charge in [0, 0.05) is 45.2 Å². The molecule has 252 valence electrons. The summed E-state index contributed by atoms with van der Waals surface area (Å²) in [5, 5.41) is 18.7. The molecule has 0 aliphatic carbocycles. The molecule has 1 fully saturated rings. The number of carbonyl (C=O) groups is 5. The first-order valence-corrected chi connectivity index (χ1v) is 17.3. The zero-order valence-corrected chi connectivity index (χ0v) is 27.2. The summed E-state index contributed by atoms with van der Waals surface area (Å²) in [4.78, 5) is 63.3. The molecule has 1 saturated heterocycles. The Kier molecular flexibility index (Phi) is 13.9. The summed E-state index contributed by atoms with van der Waals surface area (Å²) in [6.07, 6.45) is 2.47. The average Bonchev–Trinajstić information content (AvgIpc) is 3.04. The van der Waals surface area contributed by atoms with E-state index < -0.39 is 51.6 Å². The minimum Gasteiger partial charge on any atom is -0.465 e. The van der Waals surface area contributed by atoms with E-state index in [0.29, 0.717) is 38.8 Å². The Morgan fingerprint density at radius 2 is 1.61 bits per heavy atom. The number of sulfonamides is 1. The van der Waals surface area contributed by atoms with Crippen LogP contribution in [-0.2, 0) is 29.2 Å². The maximum Gasteiger partial charge on any atom is 0.407 e. The van der Waals surface area contributed by atoms with Crippen LogP contribution in [0.1, 0.15) is 58.8 Å². The van der Waals surface area contributed by atoms with E-state index in [1.807, 2.05) is 19.1 Å². The van der Waals surface area contributed by atoms with Gasteiger partial charge in [-0.25, -0.2) is 17.9 Å². The molecule has 0 aromatic heterocycles. The third-order valence-electron chi connectivity index (χ3n) is 8.10. The molecule has 1 unspecified atom stereocenters. The molecule has 2 aromatic rings. The summed E-state index contributed by atoms with van der Waals surface area (Å²) >= 11 is 0. The minimum absolute atomic E-state index is 0.00384. The number of amides is 4. The van der Waals surface area contributed by atoms with Crippen LogP contribution in [0.5, 0.6) is 0 Å². The van der Waals surface area contributed by atoms with Gasteiger partial charge in [0.1, 0.15) is 5.92 Å². The van der Waals surface area contributed by atoms with Crippen LogP contribution in [0.3, 0.4) is 0 Å². The Bertz CT molecular complexity index is 1500. The molecule has 14 heteroatoms. The number of benzene rings is 2. The smallest absolute Gasteiger partial charge is 0.407 e. The lowest BCUT2D eigenvalue weighted by Crippen LogP contribution is -2.54. The zero-order chi connectivity index (χ0) is 33.7. The van der Waals surface area contributed by atoms with Crippen LogP contribution in [0.2, 0.25) is 0 Å². The number of unbranched alkanes of at least 4 members (excludes halogenated alkanes) is 1. The number of piperidine rings is 1. The van der Waals surface area contributed by atoms with E-state index in [1.165, 1.54) is 17.0 Å². The Morgan fingerprint density at radius 3 is 2.28 bits per heavy atom. The number of fused-ring (bicyclic) bond motifs is 1. The quantitative estimate of drug-likeness (QED) is 0.0971. The molecule has 2 aromatic carbocycles. The molecule has 1 aliphatic heterocycles. The minimum atomic E-state index is -4.16. The fraction of sp³-hybridized carbons (Fsp3) is 0.531. The van der Waals surface area contributed by atoms with Crippen molar-refractivity contribution in [2.24, 2.45) is 11.8 Å².